The summed E-state index contributed by atoms with van der Waals surface area (Å²) in [7, 11) is 0. The molecule has 0 fully saturated rings. The molecule has 0 radical (unpaired) electrons. The maximum Gasteiger partial charge on any atom is 0.340 e. The van der Waals surface area contributed by atoms with Gasteiger partial charge in [-0.25, -0.2) is 13.6 Å². The van der Waals surface area contributed by atoms with Crippen molar-refractivity contribution < 1.29 is 23.1 Å². The summed E-state index contributed by atoms with van der Waals surface area (Å²) in [5, 5.41) is 1.98. The van der Waals surface area contributed by atoms with Crippen LogP contribution in [0.15, 0.2) is 18.2 Å². The van der Waals surface area contributed by atoms with E-state index in [1.54, 1.807) is 6.92 Å². The van der Waals surface area contributed by atoms with Gasteiger partial charge in [0.15, 0.2) is 6.67 Å². The lowest BCUT2D eigenvalue weighted by molar-refractivity contribution is -0.117. The van der Waals surface area contributed by atoms with Crippen molar-refractivity contribution in [1.82, 2.24) is 0 Å². The standard InChI is InChI=1S/C11H11F2NO3/c1-2-17-11(16)7-4-3-5-8(13)10(7)14-9(15)6-12/h3-5H,2,6H2,1H3,(H,14,15). The lowest BCUT2D eigenvalue weighted by Crippen LogP contribution is -2.18. The van der Waals surface area contributed by atoms with E-state index in [4.69, 9.17) is 0 Å². The SMILES string of the molecule is CCOC(=O)c1cccc(F)c1NC(=O)CF. The van der Waals surface area contributed by atoms with Crippen molar-refractivity contribution in [2.75, 3.05) is 18.6 Å². The Morgan fingerprint density at radius 2 is 2.12 bits per heavy atom. The second-order valence-corrected chi connectivity index (χ2v) is 3.06. The summed E-state index contributed by atoms with van der Waals surface area (Å²) < 4.78 is 30.1. The Bertz CT molecular complexity index is 435. The van der Waals surface area contributed by atoms with Crippen LogP contribution in [0.4, 0.5) is 14.5 Å². The average Bonchev–Trinajstić information content (AvgIpc) is 2.31. The van der Waals surface area contributed by atoms with Gasteiger partial charge in [-0.2, -0.15) is 0 Å². The van der Waals surface area contributed by atoms with Crippen LogP contribution in [0.3, 0.4) is 0 Å². The van der Waals surface area contributed by atoms with Crippen molar-refractivity contribution in [1.29, 1.82) is 0 Å². The van der Waals surface area contributed by atoms with Gasteiger partial charge in [-0.05, 0) is 19.1 Å². The second kappa shape index (κ2) is 5.93. The largest absolute Gasteiger partial charge is 0.462 e. The molecule has 0 aliphatic heterocycles. The van der Waals surface area contributed by atoms with E-state index >= 15 is 0 Å². The number of rotatable bonds is 4. The zero-order valence-electron chi connectivity index (χ0n) is 9.13. The van der Waals surface area contributed by atoms with Gasteiger partial charge >= 0.3 is 5.97 Å². The fourth-order valence-corrected chi connectivity index (χ4v) is 1.20. The van der Waals surface area contributed by atoms with Gasteiger partial charge in [0.25, 0.3) is 5.91 Å². The molecule has 0 aliphatic rings. The van der Waals surface area contributed by atoms with Gasteiger partial charge in [0.1, 0.15) is 5.82 Å². The Morgan fingerprint density at radius 1 is 1.41 bits per heavy atom. The molecule has 0 bridgehead atoms. The smallest absolute Gasteiger partial charge is 0.340 e. The number of carbonyl (C=O) groups excluding carboxylic acids is 2. The van der Waals surface area contributed by atoms with Gasteiger partial charge in [0, 0.05) is 0 Å². The fraction of sp³-hybridized carbons (Fsp3) is 0.273. The summed E-state index contributed by atoms with van der Waals surface area (Å²) in [6.45, 7) is 0.416. The van der Waals surface area contributed by atoms with Crippen molar-refractivity contribution in [2.45, 2.75) is 6.92 Å². The molecule has 0 aromatic heterocycles. The Balaban J connectivity index is 3.08. The molecular formula is C11H11F2NO3. The minimum absolute atomic E-state index is 0.117. The first kappa shape index (κ1) is 13.1. The monoisotopic (exact) mass is 243 g/mol. The van der Waals surface area contributed by atoms with Gasteiger partial charge in [0.2, 0.25) is 0 Å². The van der Waals surface area contributed by atoms with Crippen molar-refractivity contribution >= 4 is 17.6 Å². The molecule has 0 atom stereocenters. The van der Waals surface area contributed by atoms with Gasteiger partial charge < -0.3 is 10.1 Å². The summed E-state index contributed by atoms with van der Waals surface area (Å²) in [5.74, 6) is -2.63. The molecule has 1 aromatic carbocycles. The number of nitrogens with one attached hydrogen (secondary N) is 1. The second-order valence-electron chi connectivity index (χ2n) is 3.06. The minimum Gasteiger partial charge on any atom is -0.462 e. The summed E-state index contributed by atoms with van der Waals surface area (Å²) in [5.41, 5.74) is -0.512. The molecule has 1 N–H and O–H groups in total. The number of ether oxygens (including phenoxy) is 1. The number of anilines is 1. The number of halogens is 2. The van der Waals surface area contributed by atoms with E-state index in [0.29, 0.717) is 0 Å². The van der Waals surface area contributed by atoms with Crippen LogP contribution in [0.25, 0.3) is 0 Å². The molecule has 0 spiro atoms. The van der Waals surface area contributed by atoms with E-state index in [2.05, 4.69) is 4.74 Å². The van der Waals surface area contributed by atoms with E-state index in [1.807, 2.05) is 5.32 Å². The molecule has 0 aliphatic carbocycles. The summed E-state index contributed by atoms with van der Waals surface area (Å²) in [4.78, 5) is 22.3. The van der Waals surface area contributed by atoms with E-state index < -0.39 is 24.4 Å². The van der Waals surface area contributed by atoms with Gasteiger partial charge in [-0.15, -0.1) is 0 Å². The Morgan fingerprint density at radius 3 is 2.71 bits per heavy atom. The highest BCUT2D eigenvalue weighted by Gasteiger charge is 2.17. The van der Waals surface area contributed by atoms with E-state index in [9.17, 15) is 18.4 Å². The highest BCUT2D eigenvalue weighted by atomic mass is 19.1. The number of hydrogen-bond acceptors (Lipinski definition) is 3. The number of amides is 1. The predicted octanol–water partition coefficient (Wildman–Crippen LogP) is 1.91. The van der Waals surface area contributed by atoms with Crippen molar-refractivity contribution in [2.24, 2.45) is 0 Å². The molecule has 17 heavy (non-hydrogen) atoms. The van der Waals surface area contributed by atoms with Crippen LogP contribution in [0, 0.1) is 5.82 Å². The highest BCUT2D eigenvalue weighted by Crippen LogP contribution is 2.20. The van der Waals surface area contributed by atoms with Crippen molar-refractivity contribution in [3.8, 4) is 0 Å². The van der Waals surface area contributed by atoms with E-state index in [0.717, 1.165) is 6.07 Å². The number of hydrogen-bond donors (Lipinski definition) is 1. The quantitative estimate of drug-likeness (QED) is 0.822. The van der Waals surface area contributed by atoms with Gasteiger partial charge in [-0.1, -0.05) is 6.07 Å². The topological polar surface area (TPSA) is 55.4 Å². The molecule has 4 nitrogen and oxygen atoms in total. The van der Waals surface area contributed by atoms with Crippen molar-refractivity contribution in [3.05, 3.63) is 29.6 Å². The number of benzene rings is 1. The summed E-state index contributed by atoms with van der Waals surface area (Å²) in [6, 6.07) is 3.64. The number of esters is 1. The molecular weight excluding hydrogens is 232 g/mol. The Kier molecular flexibility index (Phi) is 4.56. The zero-order valence-corrected chi connectivity index (χ0v) is 9.13. The first-order valence-electron chi connectivity index (χ1n) is 4.91. The zero-order chi connectivity index (χ0) is 12.8. The first-order valence-corrected chi connectivity index (χ1v) is 4.91. The van der Waals surface area contributed by atoms with E-state index in [1.165, 1.54) is 12.1 Å². The van der Waals surface area contributed by atoms with Crippen LogP contribution in [0.1, 0.15) is 17.3 Å². The Labute approximate surface area is 96.6 Å². The van der Waals surface area contributed by atoms with Gasteiger partial charge in [0.05, 0.1) is 17.9 Å². The molecule has 0 unspecified atom stereocenters. The summed E-state index contributed by atoms with van der Waals surface area (Å²) >= 11 is 0. The van der Waals surface area contributed by atoms with Crippen LogP contribution in [-0.4, -0.2) is 25.2 Å². The van der Waals surface area contributed by atoms with Crippen LogP contribution in [-0.2, 0) is 9.53 Å². The van der Waals surface area contributed by atoms with Crippen molar-refractivity contribution in [3.63, 3.8) is 0 Å². The molecule has 0 heterocycles. The van der Waals surface area contributed by atoms with Crippen LogP contribution in [0.2, 0.25) is 0 Å². The molecule has 0 saturated carbocycles. The van der Waals surface area contributed by atoms with Crippen LogP contribution in [0.5, 0.6) is 0 Å². The molecule has 1 amide bonds. The molecule has 92 valence electrons. The van der Waals surface area contributed by atoms with Crippen LogP contribution < -0.4 is 5.32 Å². The minimum atomic E-state index is -1.30. The van der Waals surface area contributed by atoms with Gasteiger partial charge in [-0.3, -0.25) is 4.79 Å². The third kappa shape index (κ3) is 3.24. The number of alkyl halides is 1. The molecule has 6 heteroatoms. The highest BCUT2D eigenvalue weighted by molar-refractivity contribution is 6.01. The van der Waals surface area contributed by atoms with E-state index in [-0.39, 0.29) is 17.9 Å². The molecule has 0 saturated heterocycles. The third-order valence-electron chi connectivity index (χ3n) is 1.89. The average molecular weight is 243 g/mol. The molecule has 1 aromatic rings. The maximum absolute atomic E-state index is 13.4. The fourth-order valence-electron chi connectivity index (χ4n) is 1.20. The number of para-hydroxylation sites is 1. The Hall–Kier alpha value is -1.98. The predicted molar refractivity (Wildman–Crippen MR) is 57.0 cm³/mol. The first-order chi connectivity index (χ1) is 8.10. The maximum atomic E-state index is 13.4. The normalized spacial score (nSPS) is 9.82. The third-order valence-corrected chi connectivity index (χ3v) is 1.89. The number of carbonyl (C=O) groups is 2. The molecule has 1 rings (SSSR count). The lowest BCUT2D eigenvalue weighted by Gasteiger charge is -2.10. The summed E-state index contributed by atoms with van der Waals surface area (Å²) in [6.07, 6.45) is 0. The van der Waals surface area contributed by atoms with Crippen LogP contribution >= 0.6 is 0 Å². The lowest BCUT2D eigenvalue weighted by atomic mass is 10.1.